The van der Waals surface area contributed by atoms with Gasteiger partial charge in [0, 0.05) is 11.3 Å². The minimum atomic E-state index is -4.55. The Balaban J connectivity index is 2.47. The van der Waals surface area contributed by atoms with Crippen LogP contribution in [0.15, 0.2) is 34.7 Å². The van der Waals surface area contributed by atoms with E-state index in [-0.39, 0.29) is 22.2 Å². The van der Waals surface area contributed by atoms with Gasteiger partial charge in [-0.1, -0.05) is 0 Å². The Kier molecular flexibility index (Phi) is 3.28. The third-order valence-electron chi connectivity index (χ3n) is 2.42. The summed E-state index contributed by atoms with van der Waals surface area (Å²) in [7, 11) is 0. The molecule has 1 aromatic carbocycles. The van der Waals surface area contributed by atoms with Crippen LogP contribution in [0.25, 0.3) is 0 Å². The second kappa shape index (κ2) is 4.62. The van der Waals surface area contributed by atoms with E-state index in [2.05, 4.69) is 0 Å². The van der Waals surface area contributed by atoms with Crippen molar-refractivity contribution in [3.05, 3.63) is 52.4 Å². The summed E-state index contributed by atoms with van der Waals surface area (Å²) in [6.07, 6.45) is -4.55. The molecule has 0 atom stereocenters. The van der Waals surface area contributed by atoms with Crippen LogP contribution in [-0.4, -0.2) is 5.78 Å². The monoisotopic (exact) mass is 289 g/mol. The molecule has 0 amide bonds. The minimum absolute atomic E-state index is 0.0334. The summed E-state index contributed by atoms with van der Waals surface area (Å²) in [6.45, 7) is 0. The molecule has 2 rings (SSSR count). The summed E-state index contributed by atoms with van der Waals surface area (Å²) in [5.74, 6) is -0.925. The van der Waals surface area contributed by atoms with Crippen molar-refractivity contribution < 1.29 is 22.4 Å². The third kappa shape index (κ3) is 2.73. The van der Waals surface area contributed by atoms with Gasteiger partial charge in [0.15, 0.2) is 11.0 Å². The molecule has 1 aromatic heterocycles. The van der Waals surface area contributed by atoms with Crippen LogP contribution in [0.1, 0.15) is 21.7 Å². The van der Waals surface area contributed by atoms with Crippen LogP contribution < -0.4 is 5.73 Å². The number of halogens is 4. The van der Waals surface area contributed by atoms with Crippen molar-refractivity contribution in [1.82, 2.24) is 0 Å². The van der Waals surface area contributed by atoms with Gasteiger partial charge in [-0.3, -0.25) is 4.79 Å². The molecule has 0 aliphatic heterocycles. The lowest BCUT2D eigenvalue weighted by atomic mass is 10.0. The van der Waals surface area contributed by atoms with E-state index in [9.17, 15) is 18.0 Å². The summed E-state index contributed by atoms with van der Waals surface area (Å²) >= 11 is 5.51. The van der Waals surface area contributed by atoms with Gasteiger partial charge in [0.05, 0.1) is 5.56 Å². The van der Waals surface area contributed by atoms with Gasteiger partial charge in [0.1, 0.15) is 0 Å². The third-order valence-corrected chi connectivity index (χ3v) is 2.63. The lowest BCUT2D eigenvalue weighted by Crippen LogP contribution is -2.10. The lowest BCUT2D eigenvalue weighted by Gasteiger charge is -2.09. The number of furan rings is 1. The number of benzene rings is 1. The number of nitrogens with two attached hydrogens (primary N) is 1. The van der Waals surface area contributed by atoms with Crippen LogP contribution >= 0.6 is 11.6 Å². The maximum absolute atomic E-state index is 12.6. The molecule has 0 radical (unpaired) electrons. The van der Waals surface area contributed by atoms with Crippen molar-refractivity contribution in [2.45, 2.75) is 6.18 Å². The summed E-state index contributed by atoms with van der Waals surface area (Å²) in [6, 6.07) is 5.11. The van der Waals surface area contributed by atoms with E-state index in [4.69, 9.17) is 21.8 Å². The highest BCUT2D eigenvalue weighted by Crippen LogP contribution is 2.32. The van der Waals surface area contributed by atoms with E-state index in [1.807, 2.05) is 0 Å². The zero-order valence-electron chi connectivity index (χ0n) is 9.29. The molecule has 100 valence electrons. The lowest BCUT2D eigenvalue weighted by molar-refractivity contribution is -0.137. The first kappa shape index (κ1) is 13.5. The Morgan fingerprint density at radius 1 is 1.21 bits per heavy atom. The fourth-order valence-corrected chi connectivity index (χ4v) is 1.64. The van der Waals surface area contributed by atoms with Gasteiger partial charge >= 0.3 is 6.18 Å². The van der Waals surface area contributed by atoms with Crippen LogP contribution in [0.3, 0.4) is 0 Å². The van der Waals surface area contributed by atoms with Crippen LogP contribution in [-0.2, 0) is 6.18 Å². The van der Waals surface area contributed by atoms with Crippen molar-refractivity contribution in [1.29, 1.82) is 0 Å². The van der Waals surface area contributed by atoms with E-state index in [1.165, 1.54) is 12.1 Å². The SMILES string of the molecule is Nc1ccc(C(F)(F)F)cc1C(=O)c1ccc(Cl)o1. The summed E-state index contributed by atoms with van der Waals surface area (Å²) in [5.41, 5.74) is 4.22. The molecule has 0 bridgehead atoms. The summed E-state index contributed by atoms with van der Waals surface area (Å²) < 4.78 is 42.6. The van der Waals surface area contributed by atoms with Crippen LogP contribution in [0.4, 0.5) is 18.9 Å². The number of rotatable bonds is 2. The van der Waals surface area contributed by atoms with E-state index >= 15 is 0 Å². The molecule has 7 heteroatoms. The molecule has 0 saturated carbocycles. The normalized spacial score (nSPS) is 11.6. The molecular formula is C12H7ClF3NO2. The molecule has 0 aliphatic rings. The van der Waals surface area contributed by atoms with Crippen LogP contribution in [0, 0.1) is 0 Å². The Labute approximate surface area is 110 Å². The van der Waals surface area contributed by atoms with Crippen molar-refractivity contribution in [2.24, 2.45) is 0 Å². The highest BCUT2D eigenvalue weighted by molar-refractivity contribution is 6.29. The quantitative estimate of drug-likeness (QED) is 0.676. The molecule has 0 aliphatic carbocycles. The van der Waals surface area contributed by atoms with E-state index in [0.717, 1.165) is 12.1 Å². The largest absolute Gasteiger partial charge is 0.441 e. The van der Waals surface area contributed by atoms with Gasteiger partial charge in [-0.15, -0.1) is 0 Å². The molecule has 0 spiro atoms. The second-order valence-electron chi connectivity index (χ2n) is 3.73. The van der Waals surface area contributed by atoms with Crippen molar-refractivity contribution in [3.8, 4) is 0 Å². The molecule has 2 aromatic rings. The molecule has 3 nitrogen and oxygen atoms in total. The fraction of sp³-hybridized carbons (Fsp3) is 0.0833. The number of hydrogen-bond donors (Lipinski definition) is 1. The second-order valence-corrected chi connectivity index (χ2v) is 4.11. The Morgan fingerprint density at radius 3 is 2.42 bits per heavy atom. The maximum atomic E-state index is 12.6. The minimum Gasteiger partial charge on any atom is -0.441 e. The Bertz CT molecular complexity index is 634. The summed E-state index contributed by atoms with van der Waals surface area (Å²) in [5, 5.41) is -0.0334. The summed E-state index contributed by atoms with van der Waals surface area (Å²) in [4.78, 5) is 12.0. The smallest absolute Gasteiger partial charge is 0.416 e. The number of anilines is 1. The number of alkyl halides is 3. The van der Waals surface area contributed by atoms with E-state index < -0.39 is 17.5 Å². The average molecular weight is 290 g/mol. The van der Waals surface area contributed by atoms with Gasteiger partial charge in [0.2, 0.25) is 5.78 Å². The average Bonchev–Trinajstić information content (AvgIpc) is 2.74. The van der Waals surface area contributed by atoms with E-state index in [0.29, 0.717) is 6.07 Å². The predicted molar refractivity (Wildman–Crippen MR) is 63.0 cm³/mol. The van der Waals surface area contributed by atoms with Gasteiger partial charge < -0.3 is 10.2 Å². The van der Waals surface area contributed by atoms with E-state index in [1.54, 1.807) is 0 Å². The first-order chi connectivity index (χ1) is 8.79. The molecule has 0 fully saturated rings. The Morgan fingerprint density at radius 2 is 1.89 bits per heavy atom. The zero-order chi connectivity index (χ0) is 14.2. The molecule has 0 saturated heterocycles. The number of ketones is 1. The van der Waals surface area contributed by atoms with Crippen molar-refractivity contribution >= 4 is 23.1 Å². The molecule has 1 heterocycles. The standard InChI is InChI=1S/C12H7ClF3NO2/c13-10-4-3-9(19-10)11(18)7-5-6(12(14,15)16)1-2-8(7)17/h1-5H,17H2. The topological polar surface area (TPSA) is 56.2 Å². The number of carbonyl (C=O) groups is 1. The first-order valence-electron chi connectivity index (χ1n) is 5.06. The number of carbonyl (C=O) groups excluding carboxylic acids is 1. The van der Waals surface area contributed by atoms with Gasteiger partial charge in [-0.25, -0.2) is 0 Å². The zero-order valence-corrected chi connectivity index (χ0v) is 10.0. The molecule has 0 unspecified atom stereocenters. The number of hydrogen-bond acceptors (Lipinski definition) is 3. The fourth-order valence-electron chi connectivity index (χ4n) is 1.50. The highest BCUT2D eigenvalue weighted by atomic mass is 35.5. The molecule has 2 N–H and O–H groups in total. The van der Waals surface area contributed by atoms with Crippen molar-refractivity contribution in [3.63, 3.8) is 0 Å². The van der Waals surface area contributed by atoms with Crippen LogP contribution in [0.5, 0.6) is 0 Å². The predicted octanol–water partition coefficient (Wildman–Crippen LogP) is 3.77. The van der Waals surface area contributed by atoms with Gasteiger partial charge in [0.25, 0.3) is 0 Å². The van der Waals surface area contributed by atoms with Gasteiger partial charge in [-0.05, 0) is 41.9 Å². The van der Waals surface area contributed by atoms with Crippen LogP contribution in [0.2, 0.25) is 5.22 Å². The van der Waals surface area contributed by atoms with Crippen molar-refractivity contribution in [2.75, 3.05) is 5.73 Å². The first-order valence-corrected chi connectivity index (χ1v) is 5.43. The highest BCUT2D eigenvalue weighted by Gasteiger charge is 2.32. The Hall–Kier alpha value is -1.95. The molecule has 19 heavy (non-hydrogen) atoms. The molecular weight excluding hydrogens is 283 g/mol. The maximum Gasteiger partial charge on any atom is 0.416 e. The number of nitrogen functional groups attached to an aromatic ring is 1. The van der Waals surface area contributed by atoms with Gasteiger partial charge in [-0.2, -0.15) is 13.2 Å².